The minimum atomic E-state index is 0. The van der Waals surface area contributed by atoms with Crippen molar-refractivity contribution in [2.24, 2.45) is 5.92 Å². The number of rotatable bonds is 1. The van der Waals surface area contributed by atoms with Crippen LogP contribution in [0.15, 0.2) is 59.2 Å². The molecule has 0 fully saturated rings. The molecule has 4 heteroatoms. The van der Waals surface area contributed by atoms with Crippen molar-refractivity contribution in [3.63, 3.8) is 0 Å². The molecular weight excluding hydrogens is 551 g/mol. The summed E-state index contributed by atoms with van der Waals surface area (Å²) in [6, 6.07) is 15.2. The third kappa shape index (κ3) is 7.86. The quantitative estimate of drug-likeness (QED) is 0.195. The Balaban J connectivity index is 0.000000614. The Kier molecular flexibility index (Phi) is 14.4. The summed E-state index contributed by atoms with van der Waals surface area (Å²) in [6.07, 6.45) is 3.36. The first-order valence-electron chi connectivity index (χ1n) is 11.5. The van der Waals surface area contributed by atoms with E-state index in [-0.39, 0.29) is 30.2 Å². The van der Waals surface area contributed by atoms with E-state index < -0.39 is 0 Å². The first kappa shape index (κ1) is 33.2. The zero-order valence-electron chi connectivity index (χ0n) is 22.4. The topological polar surface area (TPSA) is 0 Å². The summed E-state index contributed by atoms with van der Waals surface area (Å²) in [6.45, 7) is 22.2. The molecule has 4 rings (SSSR count). The van der Waals surface area contributed by atoms with Crippen LogP contribution in [-0.2, 0) is 23.3 Å². The van der Waals surface area contributed by atoms with E-state index in [1.54, 1.807) is 23.3 Å². The van der Waals surface area contributed by atoms with Gasteiger partial charge in [-0.2, -0.15) is 11.1 Å². The molecule has 0 bridgehead atoms. The van der Waals surface area contributed by atoms with Crippen molar-refractivity contribution in [1.29, 1.82) is 0 Å². The molecule has 0 nitrogen and oxygen atoms in total. The third-order valence-corrected chi connectivity index (χ3v) is 6.74. The SMILES string of the molecule is CC1=[C-]C(C)C(C)=C1C.C[Si](C)=[Zr+2].Cc1c(C)c(C)c2c(-c3ccccc3)c[cH-]c2c1C.Cl.Cl. The Bertz CT molecular complexity index is 1180. The monoisotopic (exact) mass is 588 g/mol. The second-order valence-electron chi connectivity index (χ2n) is 9.20. The molecule has 0 aromatic heterocycles. The molecule has 0 N–H and O–H groups in total. The number of hydrogen-bond acceptors (Lipinski definition) is 0. The summed E-state index contributed by atoms with van der Waals surface area (Å²) in [5.41, 5.74) is 12.8. The van der Waals surface area contributed by atoms with Crippen molar-refractivity contribution >= 4 is 41.0 Å². The maximum Gasteiger partial charge on any atom is -0.0408 e. The van der Waals surface area contributed by atoms with Crippen molar-refractivity contribution in [2.75, 3.05) is 0 Å². The largest absolute Gasteiger partial charge is 0.147 e. The number of halogens is 2. The number of allylic oxidation sites excluding steroid dienone is 4. The molecule has 0 aliphatic heterocycles. The van der Waals surface area contributed by atoms with Gasteiger partial charge in [0.15, 0.2) is 0 Å². The van der Waals surface area contributed by atoms with E-state index in [2.05, 4.69) is 117 Å². The Morgan fingerprint density at radius 3 is 1.74 bits per heavy atom. The van der Waals surface area contributed by atoms with E-state index in [0.29, 0.717) is 5.92 Å². The average molecular weight is 591 g/mol. The molecule has 34 heavy (non-hydrogen) atoms. The van der Waals surface area contributed by atoms with Crippen LogP contribution in [0.2, 0.25) is 13.1 Å². The Labute approximate surface area is 235 Å². The average Bonchev–Trinajstić information content (AvgIpc) is 3.29. The fourth-order valence-electron chi connectivity index (χ4n) is 4.17. The van der Waals surface area contributed by atoms with Crippen LogP contribution in [0.4, 0.5) is 0 Å². The smallest absolute Gasteiger partial charge is 0.0408 e. The molecule has 3 aromatic carbocycles. The van der Waals surface area contributed by atoms with Crippen LogP contribution >= 0.6 is 24.8 Å². The van der Waals surface area contributed by atoms with Gasteiger partial charge in [-0.15, -0.1) is 65.8 Å². The molecule has 1 aliphatic rings. The molecule has 1 aliphatic carbocycles. The minimum Gasteiger partial charge on any atom is -0.147 e. The van der Waals surface area contributed by atoms with Crippen molar-refractivity contribution in [3.05, 3.63) is 87.5 Å². The Hall–Kier alpha value is -0.790. The van der Waals surface area contributed by atoms with Crippen LogP contribution in [0.5, 0.6) is 0 Å². The maximum absolute atomic E-state index is 3.36. The summed E-state index contributed by atoms with van der Waals surface area (Å²) in [5.74, 6) is 0.560. The standard InChI is InChI=1S/C19H19.C9H13.C2H6Si.2ClH.Zr/c1-12-13(2)15(4)19-17(14(12)3)10-11-18(19)16-8-6-5-7-9-16;1-6-5-7(2)9(4)8(6)3;1-3-2;;;/h5-11H,1-4H3;6H,1-4H3;1-2H3;2*1H;/q2*-1;;;;+2. The molecule has 0 spiro atoms. The maximum atomic E-state index is 3.36. The second kappa shape index (κ2) is 14.7. The van der Waals surface area contributed by atoms with Gasteiger partial charge < -0.3 is 0 Å². The predicted octanol–water partition coefficient (Wildman–Crippen LogP) is 9.81. The van der Waals surface area contributed by atoms with E-state index in [4.69, 9.17) is 0 Å². The number of hydrogen-bond donors (Lipinski definition) is 0. The Morgan fingerprint density at radius 1 is 0.824 bits per heavy atom. The normalized spacial score (nSPS) is 14.2. The second-order valence-corrected chi connectivity index (χ2v) is 18.6. The van der Waals surface area contributed by atoms with Crippen molar-refractivity contribution in [2.45, 2.75) is 68.5 Å². The van der Waals surface area contributed by atoms with Crippen LogP contribution < -0.4 is 0 Å². The third-order valence-electron chi connectivity index (χ3n) is 6.74. The zero-order chi connectivity index (χ0) is 24.2. The van der Waals surface area contributed by atoms with Crippen LogP contribution in [0.25, 0.3) is 21.9 Å². The molecule has 1 atom stereocenters. The van der Waals surface area contributed by atoms with Crippen LogP contribution in [0.1, 0.15) is 49.9 Å². The molecule has 0 amide bonds. The molecular formula is C30H40Cl2SiZr. The van der Waals surface area contributed by atoms with Gasteiger partial charge in [0.2, 0.25) is 0 Å². The predicted molar refractivity (Wildman–Crippen MR) is 156 cm³/mol. The summed E-state index contributed by atoms with van der Waals surface area (Å²) in [7, 11) is 0. The first-order valence-corrected chi connectivity index (χ1v) is 17.7. The van der Waals surface area contributed by atoms with Gasteiger partial charge in [0.05, 0.1) is 0 Å². The minimum absolute atomic E-state index is 0. The summed E-state index contributed by atoms with van der Waals surface area (Å²) in [5, 5.41) is 2.83. The molecule has 0 saturated heterocycles. The van der Waals surface area contributed by atoms with Gasteiger partial charge in [-0.25, -0.2) is 5.57 Å². The van der Waals surface area contributed by atoms with Crippen LogP contribution in [0.3, 0.4) is 0 Å². The fourth-order valence-corrected chi connectivity index (χ4v) is 4.17. The zero-order valence-corrected chi connectivity index (χ0v) is 27.5. The van der Waals surface area contributed by atoms with E-state index in [1.807, 2.05) is 0 Å². The summed E-state index contributed by atoms with van der Waals surface area (Å²) >= 11 is 1.74. The van der Waals surface area contributed by atoms with Crippen molar-refractivity contribution in [3.8, 4) is 11.1 Å². The molecule has 0 radical (unpaired) electrons. The summed E-state index contributed by atoms with van der Waals surface area (Å²) in [4.78, 5) is 0. The van der Waals surface area contributed by atoms with Gasteiger partial charge in [0, 0.05) is 0 Å². The number of fused-ring (bicyclic) bond motifs is 1. The molecule has 1 unspecified atom stereocenters. The van der Waals surface area contributed by atoms with Gasteiger partial charge in [-0.1, -0.05) is 86.2 Å². The summed E-state index contributed by atoms with van der Waals surface area (Å²) < 4.78 is 0. The van der Waals surface area contributed by atoms with Gasteiger partial charge >= 0.3 is 41.9 Å². The van der Waals surface area contributed by atoms with E-state index in [0.717, 1.165) is 0 Å². The van der Waals surface area contributed by atoms with E-state index in [9.17, 15) is 0 Å². The van der Waals surface area contributed by atoms with Crippen LogP contribution in [0, 0.1) is 39.7 Å². The van der Waals surface area contributed by atoms with Crippen LogP contribution in [-0.4, -0.2) is 5.43 Å². The van der Waals surface area contributed by atoms with Crippen molar-refractivity contribution < 1.29 is 23.3 Å². The molecule has 3 aromatic rings. The molecule has 0 saturated carbocycles. The van der Waals surface area contributed by atoms with Gasteiger partial charge in [-0.3, -0.25) is 6.08 Å². The molecule has 182 valence electrons. The van der Waals surface area contributed by atoms with E-state index in [1.165, 1.54) is 60.9 Å². The Morgan fingerprint density at radius 2 is 1.32 bits per heavy atom. The van der Waals surface area contributed by atoms with E-state index >= 15 is 0 Å². The molecule has 0 heterocycles. The van der Waals surface area contributed by atoms with Gasteiger partial charge in [0.25, 0.3) is 0 Å². The van der Waals surface area contributed by atoms with Gasteiger partial charge in [0.1, 0.15) is 0 Å². The van der Waals surface area contributed by atoms with Crippen molar-refractivity contribution in [1.82, 2.24) is 0 Å². The van der Waals surface area contributed by atoms with Gasteiger partial charge in [-0.05, 0) is 20.8 Å². The fraction of sp³-hybridized carbons (Fsp3) is 0.367. The first-order chi connectivity index (χ1) is 15.0. The number of benzene rings is 2. The number of aryl methyl sites for hydroxylation is 2.